The zero-order valence-electron chi connectivity index (χ0n) is 33.1. The Hall–Kier alpha value is -5.85. The van der Waals surface area contributed by atoms with Gasteiger partial charge in [0.2, 0.25) is 11.8 Å². The number of carboxylic acid groups (broad SMARTS) is 1. The van der Waals surface area contributed by atoms with Gasteiger partial charge in [0.1, 0.15) is 17.3 Å². The molecule has 0 radical (unpaired) electrons. The molecule has 0 saturated carbocycles. The molecule has 300 valence electrons. The summed E-state index contributed by atoms with van der Waals surface area (Å²) >= 11 is 0. The van der Waals surface area contributed by atoms with E-state index in [-0.39, 0.29) is 18.4 Å². The maximum atomic E-state index is 11.2. The number of fused-ring (bicyclic) bond motifs is 2. The molecular formula is C44H47N7O7. The van der Waals surface area contributed by atoms with Crippen LogP contribution in [0.2, 0.25) is 0 Å². The lowest BCUT2D eigenvalue weighted by Crippen LogP contribution is -2.47. The molecule has 0 amide bonds. The van der Waals surface area contributed by atoms with Gasteiger partial charge in [-0.25, -0.2) is 9.67 Å². The zero-order valence-corrected chi connectivity index (χ0v) is 33.1. The second-order valence-electron chi connectivity index (χ2n) is 15.3. The fourth-order valence-electron chi connectivity index (χ4n) is 8.57. The van der Waals surface area contributed by atoms with Gasteiger partial charge in [0.15, 0.2) is 11.4 Å². The summed E-state index contributed by atoms with van der Waals surface area (Å²) in [5, 5.41) is 35.6. The maximum Gasteiger partial charge on any atom is 0.303 e. The summed E-state index contributed by atoms with van der Waals surface area (Å²) in [6.45, 7) is 5.67. The lowest BCUT2D eigenvalue weighted by molar-refractivity contribution is -0.138. The number of carbonyl (C=O) groups is 1. The van der Waals surface area contributed by atoms with E-state index in [1.54, 1.807) is 18.9 Å². The number of nitriles is 1. The van der Waals surface area contributed by atoms with E-state index < -0.39 is 12.1 Å². The number of pyridine rings is 1. The van der Waals surface area contributed by atoms with Crippen LogP contribution in [0.15, 0.2) is 65.2 Å². The molecule has 2 N–H and O–H groups in total. The average molecular weight is 786 g/mol. The number of aliphatic carboxylic acids is 1. The van der Waals surface area contributed by atoms with Crippen LogP contribution in [0.3, 0.4) is 0 Å². The van der Waals surface area contributed by atoms with Crippen molar-refractivity contribution in [3.05, 3.63) is 83.0 Å². The van der Waals surface area contributed by atoms with Crippen molar-refractivity contribution in [2.75, 3.05) is 47.6 Å². The number of benzene rings is 3. The van der Waals surface area contributed by atoms with E-state index in [0.29, 0.717) is 66.3 Å². The van der Waals surface area contributed by atoms with Gasteiger partial charge in [-0.15, -0.1) is 0 Å². The first-order valence-electron chi connectivity index (χ1n) is 19.6. The maximum absolute atomic E-state index is 11.2. The first-order chi connectivity index (χ1) is 28.1. The van der Waals surface area contributed by atoms with Crippen molar-refractivity contribution in [2.45, 2.75) is 57.8 Å². The molecule has 2 aliphatic rings. The highest BCUT2D eigenvalue weighted by molar-refractivity contribution is 5.97. The number of carboxylic acids is 1. The predicted octanol–water partition coefficient (Wildman–Crippen LogP) is 6.36. The third-order valence-corrected chi connectivity index (χ3v) is 11.6. The summed E-state index contributed by atoms with van der Waals surface area (Å²) in [7, 11) is 5.17. The highest BCUT2D eigenvalue weighted by Crippen LogP contribution is 2.38. The molecule has 2 saturated heterocycles. The Bertz CT molecular complexity index is 2490. The van der Waals surface area contributed by atoms with Crippen LogP contribution in [0.4, 0.5) is 0 Å². The Morgan fingerprint density at radius 3 is 2.55 bits per heavy atom. The van der Waals surface area contributed by atoms with Gasteiger partial charge in [-0.3, -0.25) is 14.6 Å². The fourth-order valence-corrected chi connectivity index (χ4v) is 8.57. The van der Waals surface area contributed by atoms with E-state index in [9.17, 15) is 20.3 Å². The van der Waals surface area contributed by atoms with Crippen LogP contribution < -0.4 is 9.47 Å². The Labute approximate surface area is 336 Å². The summed E-state index contributed by atoms with van der Waals surface area (Å²) in [4.78, 5) is 25.4. The highest BCUT2D eigenvalue weighted by Gasteiger charge is 2.30. The van der Waals surface area contributed by atoms with Gasteiger partial charge in [0.25, 0.3) is 0 Å². The number of piperidine rings is 1. The second-order valence-corrected chi connectivity index (χ2v) is 15.3. The SMILES string of the molecule is COc1cc(-n2ncc3c(-c4cccc(-c5nc6cc(CN7CCC(CC(=O)O)CC7)cc(C#N)c6o5)c4C)cccc32)nc(OC)c1CN(C)[C@@H]1CCOC[C@@H]1O. The van der Waals surface area contributed by atoms with Crippen molar-refractivity contribution >= 4 is 28.0 Å². The molecule has 2 fully saturated rings. The first kappa shape index (κ1) is 39.0. The molecular weight excluding hydrogens is 739 g/mol. The van der Waals surface area contributed by atoms with Gasteiger partial charge < -0.3 is 28.8 Å². The monoisotopic (exact) mass is 785 g/mol. The van der Waals surface area contributed by atoms with Crippen LogP contribution in [-0.4, -0.2) is 105 Å². The highest BCUT2D eigenvalue weighted by atomic mass is 16.5. The number of methoxy groups -OCH3 is 2. The van der Waals surface area contributed by atoms with Gasteiger partial charge in [-0.1, -0.05) is 24.3 Å². The van der Waals surface area contributed by atoms with Gasteiger partial charge in [0.05, 0.1) is 49.8 Å². The Kier molecular flexibility index (Phi) is 11.1. The molecule has 3 aromatic heterocycles. The van der Waals surface area contributed by atoms with Crippen molar-refractivity contribution < 1.29 is 33.6 Å². The molecule has 2 atom stereocenters. The summed E-state index contributed by atoms with van der Waals surface area (Å²) in [6.07, 6.45) is 3.86. The number of oxazole rings is 1. The predicted molar refractivity (Wildman–Crippen MR) is 217 cm³/mol. The summed E-state index contributed by atoms with van der Waals surface area (Å²) < 4.78 is 25.2. The quantitative estimate of drug-likeness (QED) is 0.141. The molecule has 0 bridgehead atoms. The number of hydrogen-bond donors (Lipinski definition) is 2. The Balaban J connectivity index is 1.08. The van der Waals surface area contributed by atoms with Crippen molar-refractivity contribution in [1.29, 1.82) is 5.26 Å². The van der Waals surface area contributed by atoms with E-state index in [4.69, 9.17) is 33.7 Å². The standard InChI is InChI=1S/C44H47N7O7/c1-26-30(7-5-8-31(26)44-47-35-18-28(17-29(21-45)42(35)58-44)23-50-14-11-27(12-15-50)19-41(53)54)32-9-6-10-36-33(32)22-46-51(36)40-20-39(55-3)34(43(48-40)56-4)24-49(2)37-13-16-57-25-38(37)52/h5-10,17-18,20,22,27,37-38,52H,11-16,19,23-25H2,1-4H3,(H,53,54)/t37-,38+/m1/s1. The lowest BCUT2D eigenvalue weighted by atomic mass is 9.93. The van der Waals surface area contributed by atoms with E-state index in [1.807, 2.05) is 62.6 Å². The summed E-state index contributed by atoms with van der Waals surface area (Å²) in [5.74, 6) is 1.43. The van der Waals surface area contributed by atoms with Gasteiger partial charge in [-0.2, -0.15) is 15.3 Å². The van der Waals surface area contributed by atoms with E-state index in [0.717, 1.165) is 76.6 Å². The van der Waals surface area contributed by atoms with Gasteiger partial charge in [-0.05, 0) is 98.8 Å². The second kappa shape index (κ2) is 16.6. The molecule has 6 aromatic rings. The number of likely N-dealkylation sites (tertiary alicyclic amines) is 1. The number of hydrogen-bond acceptors (Lipinski definition) is 12. The largest absolute Gasteiger partial charge is 0.496 e. The normalized spacial score (nSPS) is 17.9. The van der Waals surface area contributed by atoms with E-state index >= 15 is 0 Å². The molecule has 0 unspecified atom stereocenters. The molecule has 2 aliphatic heterocycles. The van der Waals surface area contributed by atoms with Gasteiger partial charge >= 0.3 is 5.97 Å². The smallest absolute Gasteiger partial charge is 0.303 e. The average Bonchev–Trinajstić information content (AvgIpc) is 3.86. The van der Waals surface area contributed by atoms with Gasteiger partial charge in [0, 0.05) is 49.2 Å². The Morgan fingerprint density at radius 1 is 1.03 bits per heavy atom. The number of rotatable bonds is 12. The Morgan fingerprint density at radius 2 is 1.81 bits per heavy atom. The number of aromatic nitrogens is 4. The van der Waals surface area contributed by atoms with Crippen molar-refractivity contribution in [1.82, 2.24) is 29.5 Å². The number of aliphatic hydroxyl groups excluding tert-OH is 1. The molecule has 58 heavy (non-hydrogen) atoms. The molecule has 8 rings (SSSR count). The number of likely N-dealkylation sites (N-methyl/N-ethyl adjacent to an activating group) is 1. The lowest BCUT2D eigenvalue weighted by Gasteiger charge is -2.35. The molecule has 0 aliphatic carbocycles. The minimum absolute atomic E-state index is 0.0673. The van der Waals surface area contributed by atoms with Crippen LogP contribution in [0, 0.1) is 24.2 Å². The van der Waals surface area contributed by atoms with Crippen molar-refractivity contribution in [3.8, 4) is 46.1 Å². The summed E-state index contributed by atoms with van der Waals surface area (Å²) in [5.41, 5.74) is 7.81. The third-order valence-electron chi connectivity index (χ3n) is 11.6. The fraction of sp³-hybridized carbons (Fsp3) is 0.386. The van der Waals surface area contributed by atoms with Crippen LogP contribution in [0.25, 0.3) is 50.4 Å². The number of nitrogens with zero attached hydrogens (tertiary/aromatic N) is 7. The van der Waals surface area contributed by atoms with E-state index in [2.05, 4.69) is 28.0 Å². The molecule has 14 heteroatoms. The number of aliphatic hydroxyl groups is 1. The topological polar surface area (TPSA) is 172 Å². The minimum Gasteiger partial charge on any atom is -0.496 e. The van der Waals surface area contributed by atoms with Crippen LogP contribution >= 0.6 is 0 Å². The van der Waals surface area contributed by atoms with Crippen molar-refractivity contribution in [3.63, 3.8) is 0 Å². The van der Waals surface area contributed by atoms with Crippen LogP contribution in [-0.2, 0) is 22.6 Å². The van der Waals surface area contributed by atoms with Crippen molar-refractivity contribution in [2.24, 2.45) is 5.92 Å². The first-order valence-corrected chi connectivity index (χ1v) is 19.6. The zero-order chi connectivity index (χ0) is 40.5. The van der Waals surface area contributed by atoms with Crippen LogP contribution in [0.1, 0.15) is 47.9 Å². The summed E-state index contributed by atoms with van der Waals surface area (Å²) in [6, 6.07) is 20.0. The van der Waals surface area contributed by atoms with Crippen LogP contribution in [0.5, 0.6) is 11.6 Å². The van der Waals surface area contributed by atoms with E-state index in [1.165, 1.54) is 0 Å². The minimum atomic E-state index is -0.745. The molecule has 14 nitrogen and oxygen atoms in total. The number of ether oxygens (including phenoxy) is 3. The molecule has 0 spiro atoms. The molecule has 5 heterocycles. The molecule has 3 aromatic carbocycles. The third kappa shape index (κ3) is 7.61.